The molecule has 0 aliphatic heterocycles. The van der Waals surface area contributed by atoms with Gasteiger partial charge in [0.1, 0.15) is 0 Å². The molecule has 0 aliphatic rings. The smallest absolute Gasteiger partial charge is 0.328 e. The maximum atomic E-state index is 10.4. The van der Waals surface area contributed by atoms with E-state index in [-0.39, 0.29) is 5.92 Å². The molecular formula is C11H20O3. The van der Waals surface area contributed by atoms with Crippen molar-refractivity contribution in [3.8, 4) is 0 Å². The van der Waals surface area contributed by atoms with Gasteiger partial charge in [0.05, 0.1) is 5.60 Å². The highest BCUT2D eigenvalue weighted by Crippen LogP contribution is 2.26. The summed E-state index contributed by atoms with van der Waals surface area (Å²) in [7, 11) is 0. The summed E-state index contributed by atoms with van der Waals surface area (Å²) < 4.78 is 0. The number of carbonyl (C=O) groups is 1. The fourth-order valence-electron chi connectivity index (χ4n) is 1.44. The van der Waals surface area contributed by atoms with E-state index in [2.05, 4.69) is 0 Å². The van der Waals surface area contributed by atoms with Gasteiger partial charge in [-0.1, -0.05) is 25.8 Å². The van der Waals surface area contributed by atoms with Crippen molar-refractivity contribution in [1.82, 2.24) is 0 Å². The minimum Gasteiger partial charge on any atom is -0.478 e. The van der Waals surface area contributed by atoms with Crippen molar-refractivity contribution in [2.45, 2.75) is 46.1 Å². The van der Waals surface area contributed by atoms with Gasteiger partial charge in [-0.25, -0.2) is 4.79 Å². The van der Waals surface area contributed by atoms with Crippen LogP contribution in [0.15, 0.2) is 11.6 Å². The van der Waals surface area contributed by atoms with E-state index in [1.54, 1.807) is 13.8 Å². The number of rotatable bonds is 5. The zero-order valence-electron chi connectivity index (χ0n) is 9.37. The fraction of sp³-hybridized carbons (Fsp3) is 0.727. The highest BCUT2D eigenvalue weighted by atomic mass is 16.4. The molecule has 0 amide bonds. The predicted octanol–water partition coefficient (Wildman–Crippen LogP) is 2.20. The number of carboxylic acids is 1. The summed E-state index contributed by atoms with van der Waals surface area (Å²) in [5.41, 5.74) is -0.118. The van der Waals surface area contributed by atoms with Gasteiger partial charge in [-0.05, 0) is 26.2 Å². The summed E-state index contributed by atoms with van der Waals surface area (Å²) in [5, 5.41) is 18.6. The normalized spacial score (nSPS) is 18.8. The molecule has 3 heteroatoms. The maximum Gasteiger partial charge on any atom is 0.328 e. The summed E-state index contributed by atoms with van der Waals surface area (Å²) >= 11 is 0. The highest BCUT2D eigenvalue weighted by Gasteiger charge is 2.27. The summed E-state index contributed by atoms with van der Waals surface area (Å²) in [6.07, 6.45) is 2.44. The average Bonchev–Trinajstić information content (AvgIpc) is 1.99. The van der Waals surface area contributed by atoms with Gasteiger partial charge in [0.25, 0.3) is 0 Å². The van der Waals surface area contributed by atoms with Gasteiger partial charge in [-0.3, -0.25) is 0 Å². The second kappa shape index (κ2) is 5.15. The number of aliphatic carboxylic acids is 1. The standard InChI is InChI=1S/C11H20O3/c1-5-9(3)11(4,14)7-8(2)6-10(12)13/h6,9,14H,5,7H2,1-4H3,(H,12,13)/b8-6-. The van der Waals surface area contributed by atoms with E-state index in [1.807, 2.05) is 13.8 Å². The van der Waals surface area contributed by atoms with E-state index in [0.29, 0.717) is 12.0 Å². The summed E-state index contributed by atoms with van der Waals surface area (Å²) in [6, 6.07) is 0. The average molecular weight is 200 g/mol. The molecule has 82 valence electrons. The maximum absolute atomic E-state index is 10.4. The second-order valence-corrected chi connectivity index (χ2v) is 4.17. The van der Waals surface area contributed by atoms with Crippen LogP contribution in [-0.2, 0) is 4.79 Å². The van der Waals surface area contributed by atoms with Crippen molar-refractivity contribution in [3.63, 3.8) is 0 Å². The monoisotopic (exact) mass is 200 g/mol. The molecule has 14 heavy (non-hydrogen) atoms. The van der Waals surface area contributed by atoms with Crippen LogP contribution in [0.2, 0.25) is 0 Å². The van der Waals surface area contributed by atoms with Crippen LogP contribution in [0.1, 0.15) is 40.5 Å². The molecule has 0 aromatic rings. The van der Waals surface area contributed by atoms with Crippen molar-refractivity contribution < 1.29 is 15.0 Å². The third-order valence-corrected chi connectivity index (χ3v) is 2.68. The van der Waals surface area contributed by atoms with E-state index in [1.165, 1.54) is 0 Å². The Bertz CT molecular complexity index is 229. The molecule has 0 spiro atoms. The first-order chi connectivity index (χ1) is 6.29. The number of aliphatic hydroxyl groups is 1. The number of carboxylic acid groups (broad SMARTS) is 1. The Labute approximate surface area is 85.4 Å². The molecule has 0 fully saturated rings. The zero-order valence-corrected chi connectivity index (χ0v) is 9.37. The van der Waals surface area contributed by atoms with Crippen molar-refractivity contribution in [2.24, 2.45) is 5.92 Å². The van der Waals surface area contributed by atoms with Crippen molar-refractivity contribution in [2.75, 3.05) is 0 Å². The molecule has 0 rings (SSSR count). The first-order valence-corrected chi connectivity index (χ1v) is 4.92. The quantitative estimate of drug-likeness (QED) is 0.669. The summed E-state index contributed by atoms with van der Waals surface area (Å²) in [5.74, 6) is -0.790. The van der Waals surface area contributed by atoms with Crippen LogP contribution >= 0.6 is 0 Å². The fourth-order valence-corrected chi connectivity index (χ4v) is 1.44. The SMILES string of the molecule is CCC(C)C(C)(O)C/C(C)=C\C(=O)O. The van der Waals surface area contributed by atoms with Gasteiger partial charge >= 0.3 is 5.97 Å². The third kappa shape index (κ3) is 4.42. The number of hydrogen-bond donors (Lipinski definition) is 2. The van der Waals surface area contributed by atoms with E-state index < -0.39 is 11.6 Å². The van der Waals surface area contributed by atoms with Crippen LogP contribution in [0, 0.1) is 5.92 Å². The first-order valence-electron chi connectivity index (χ1n) is 4.92. The molecule has 0 aromatic carbocycles. The van der Waals surface area contributed by atoms with Crippen LogP contribution in [-0.4, -0.2) is 21.8 Å². The molecule has 2 unspecified atom stereocenters. The van der Waals surface area contributed by atoms with Crippen molar-refractivity contribution in [3.05, 3.63) is 11.6 Å². The molecule has 0 heterocycles. The van der Waals surface area contributed by atoms with Crippen molar-refractivity contribution >= 4 is 5.97 Å². The van der Waals surface area contributed by atoms with Gasteiger partial charge < -0.3 is 10.2 Å². The Hall–Kier alpha value is -0.830. The topological polar surface area (TPSA) is 57.5 Å². The Morgan fingerprint density at radius 2 is 2.07 bits per heavy atom. The van der Waals surface area contributed by atoms with Gasteiger partial charge in [0, 0.05) is 6.08 Å². The summed E-state index contributed by atoms with van der Waals surface area (Å²) in [6.45, 7) is 7.45. The minimum atomic E-state index is -0.956. The van der Waals surface area contributed by atoms with Crippen LogP contribution < -0.4 is 0 Å². The lowest BCUT2D eigenvalue weighted by atomic mass is 9.83. The molecule has 0 aromatic heterocycles. The molecule has 2 N–H and O–H groups in total. The van der Waals surface area contributed by atoms with Crippen LogP contribution in [0.25, 0.3) is 0 Å². The number of hydrogen-bond acceptors (Lipinski definition) is 2. The second-order valence-electron chi connectivity index (χ2n) is 4.17. The molecule has 0 aliphatic carbocycles. The first kappa shape index (κ1) is 13.2. The lowest BCUT2D eigenvalue weighted by molar-refractivity contribution is -0.131. The van der Waals surface area contributed by atoms with E-state index in [0.717, 1.165) is 12.5 Å². The highest BCUT2D eigenvalue weighted by molar-refractivity contribution is 5.80. The van der Waals surface area contributed by atoms with Gasteiger partial charge in [0.2, 0.25) is 0 Å². The lowest BCUT2D eigenvalue weighted by Gasteiger charge is -2.29. The third-order valence-electron chi connectivity index (χ3n) is 2.68. The van der Waals surface area contributed by atoms with Gasteiger partial charge in [0.15, 0.2) is 0 Å². The molecule has 3 nitrogen and oxygen atoms in total. The van der Waals surface area contributed by atoms with Crippen molar-refractivity contribution in [1.29, 1.82) is 0 Å². The lowest BCUT2D eigenvalue weighted by Crippen LogP contribution is -2.32. The summed E-state index contributed by atoms with van der Waals surface area (Å²) in [4.78, 5) is 10.4. The molecule has 0 radical (unpaired) electrons. The molecular weight excluding hydrogens is 180 g/mol. The van der Waals surface area contributed by atoms with E-state index in [4.69, 9.17) is 5.11 Å². The zero-order chi connectivity index (χ0) is 11.4. The Balaban J connectivity index is 4.42. The van der Waals surface area contributed by atoms with Crippen LogP contribution in [0.5, 0.6) is 0 Å². The van der Waals surface area contributed by atoms with Crippen LogP contribution in [0.3, 0.4) is 0 Å². The minimum absolute atomic E-state index is 0.166. The molecule has 0 bridgehead atoms. The molecule has 0 saturated carbocycles. The van der Waals surface area contributed by atoms with E-state index in [9.17, 15) is 9.90 Å². The predicted molar refractivity (Wildman–Crippen MR) is 56.1 cm³/mol. The Kier molecular flexibility index (Phi) is 4.85. The van der Waals surface area contributed by atoms with Gasteiger partial charge in [-0.2, -0.15) is 0 Å². The van der Waals surface area contributed by atoms with Gasteiger partial charge in [-0.15, -0.1) is 0 Å². The molecule has 2 atom stereocenters. The Morgan fingerprint density at radius 1 is 1.57 bits per heavy atom. The largest absolute Gasteiger partial charge is 0.478 e. The Morgan fingerprint density at radius 3 is 2.43 bits per heavy atom. The van der Waals surface area contributed by atoms with Crippen LogP contribution in [0.4, 0.5) is 0 Å². The molecule has 0 saturated heterocycles. The van der Waals surface area contributed by atoms with E-state index >= 15 is 0 Å².